The van der Waals surface area contributed by atoms with Crippen LogP contribution in [0.15, 0.2) is 11.8 Å². The SMILES string of the molecule is C[C@@]12CCC[C@H]1[C@@H]1C[N+](C)(C(=O)NC34CC5CC(CC(C5)C3)C4)C3=CC(=O)CC[C@]3(C)[C@H]1CC2. The predicted molar refractivity (Wildman–Crippen MR) is 133 cm³/mol. The Labute approximate surface area is 205 Å². The molecule has 0 aromatic heterocycles. The number of carbonyl (C=O) groups excluding carboxylic acids is 2. The molecule has 7 aliphatic carbocycles. The summed E-state index contributed by atoms with van der Waals surface area (Å²) in [6.07, 6.45) is 17.9. The lowest BCUT2D eigenvalue weighted by molar-refractivity contribution is -0.813. The second-order valence-electron chi connectivity index (χ2n) is 14.9. The molecule has 7 fully saturated rings. The van der Waals surface area contributed by atoms with Gasteiger partial charge in [-0.2, -0.15) is 0 Å². The number of nitrogens with one attached hydrogen (secondary N) is 1. The van der Waals surface area contributed by atoms with Crippen LogP contribution in [0.2, 0.25) is 0 Å². The van der Waals surface area contributed by atoms with Gasteiger partial charge in [-0.15, -0.1) is 0 Å². The Hall–Kier alpha value is -1.16. The molecule has 0 aromatic rings. The summed E-state index contributed by atoms with van der Waals surface area (Å²) < 4.78 is 0.345. The summed E-state index contributed by atoms with van der Waals surface area (Å²) in [7, 11) is 2.18. The zero-order chi connectivity index (χ0) is 23.5. The van der Waals surface area contributed by atoms with E-state index in [1.54, 1.807) is 0 Å². The van der Waals surface area contributed by atoms with Crippen LogP contribution in [0, 0.1) is 46.3 Å². The van der Waals surface area contributed by atoms with Crippen LogP contribution in [0.4, 0.5) is 4.79 Å². The minimum atomic E-state index is -0.0195. The van der Waals surface area contributed by atoms with Crippen molar-refractivity contribution in [2.24, 2.45) is 46.3 Å². The van der Waals surface area contributed by atoms with Crippen molar-refractivity contribution in [1.82, 2.24) is 5.32 Å². The van der Waals surface area contributed by atoms with Crippen molar-refractivity contribution in [3.05, 3.63) is 11.8 Å². The Balaban J connectivity index is 1.26. The number of allylic oxidation sites excluding steroid dienone is 2. The molecule has 1 N–H and O–H groups in total. The molecule has 0 spiro atoms. The lowest BCUT2D eigenvalue weighted by atomic mass is 9.50. The zero-order valence-corrected chi connectivity index (χ0v) is 21.7. The van der Waals surface area contributed by atoms with Gasteiger partial charge >= 0.3 is 6.03 Å². The zero-order valence-electron chi connectivity index (χ0n) is 21.7. The second kappa shape index (κ2) is 6.99. The van der Waals surface area contributed by atoms with Crippen molar-refractivity contribution in [3.63, 3.8) is 0 Å². The summed E-state index contributed by atoms with van der Waals surface area (Å²) in [5.74, 6) is 4.67. The highest BCUT2D eigenvalue weighted by Crippen LogP contribution is 2.65. The first kappa shape index (κ1) is 22.1. The number of carbonyl (C=O) groups is 2. The molecule has 8 rings (SSSR count). The topological polar surface area (TPSA) is 46.2 Å². The Bertz CT molecular complexity index is 934. The molecular weight excluding hydrogens is 420 g/mol. The van der Waals surface area contributed by atoms with Crippen LogP contribution >= 0.6 is 0 Å². The molecule has 186 valence electrons. The van der Waals surface area contributed by atoms with E-state index in [0.29, 0.717) is 28.2 Å². The summed E-state index contributed by atoms with van der Waals surface area (Å²) in [5, 5.41) is 3.75. The van der Waals surface area contributed by atoms with Crippen LogP contribution in [-0.4, -0.2) is 35.4 Å². The smallest absolute Gasteiger partial charge is 0.300 e. The van der Waals surface area contributed by atoms with Gasteiger partial charge in [0.2, 0.25) is 0 Å². The molecule has 2 amide bonds. The van der Waals surface area contributed by atoms with Crippen molar-refractivity contribution >= 4 is 11.8 Å². The first-order valence-electron chi connectivity index (χ1n) is 14.6. The van der Waals surface area contributed by atoms with Crippen LogP contribution in [0.3, 0.4) is 0 Å². The van der Waals surface area contributed by atoms with Gasteiger partial charge in [0, 0.05) is 29.4 Å². The largest absolute Gasteiger partial charge is 0.421 e. The highest BCUT2D eigenvalue weighted by molar-refractivity contribution is 5.91. The molecule has 8 aliphatic rings. The first-order chi connectivity index (χ1) is 16.1. The van der Waals surface area contributed by atoms with Gasteiger partial charge in [-0.1, -0.05) is 20.3 Å². The molecule has 4 nitrogen and oxygen atoms in total. The van der Waals surface area contributed by atoms with Crippen LogP contribution < -0.4 is 5.32 Å². The fraction of sp³-hybridized carbons (Fsp3) is 0.867. The van der Waals surface area contributed by atoms with Crippen molar-refractivity contribution in [3.8, 4) is 0 Å². The molecule has 6 atom stereocenters. The third-order valence-corrected chi connectivity index (χ3v) is 12.8. The van der Waals surface area contributed by atoms with Gasteiger partial charge in [0.15, 0.2) is 5.78 Å². The fourth-order valence-electron chi connectivity index (χ4n) is 11.6. The van der Waals surface area contributed by atoms with E-state index in [0.717, 1.165) is 42.3 Å². The van der Waals surface area contributed by atoms with Gasteiger partial charge < -0.3 is 0 Å². The molecule has 4 heteroatoms. The van der Waals surface area contributed by atoms with Gasteiger partial charge in [-0.05, 0) is 106 Å². The fourth-order valence-corrected chi connectivity index (χ4v) is 11.6. The van der Waals surface area contributed by atoms with E-state index in [4.69, 9.17) is 0 Å². The van der Waals surface area contributed by atoms with Gasteiger partial charge in [0.05, 0.1) is 13.6 Å². The number of fused-ring (bicyclic) bond motifs is 5. The number of ketones is 1. The Kier molecular flexibility index (Phi) is 4.53. The normalized spacial score (nSPS) is 55.3. The number of rotatable bonds is 1. The number of hydrogen-bond acceptors (Lipinski definition) is 2. The second-order valence-corrected chi connectivity index (χ2v) is 14.9. The molecule has 6 saturated carbocycles. The van der Waals surface area contributed by atoms with E-state index in [2.05, 4.69) is 26.2 Å². The van der Waals surface area contributed by atoms with E-state index in [9.17, 15) is 9.59 Å². The first-order valence-corrected chi connectivity index (χ1v) is 14.6. The summed E-state index contributed by atoms with van der Waals surface area (Å²) in [5.41, 5.74) is 1.61. The minimum Gasteiger partial charge on any atom is -0.300 e. The lowest BCUT2D eigenvalue weighted by Gasteiger charge is -2.61. The van der Waals surface area contributed by atoms with Gasteiger partial charge in [0.25, 0.3) is 0 Å². The standard InChI is InChI=1S/C30H44N2O2/c1-28-8-4-5-24(28)23-18-32(3,26-14-22(33)6-10-29(26,2)25(23)7-9-28)27(34)31-30-15-19-11-20(16-30)13-21(12-19)17-30/h14,19-21,23-25H,4-13,15-18H2,1-3H3/p+1/t19?,20?,21?,23-,24-,25-,28-,29+,30?,32?/m0/s1. The van der Waals surface area contributed by atoms with Crippen molar-refractivity contribution in [2.45, 2.75) is 103 Å². The van der Waals surface area contributed by atoms with Crippen molar-refractivity contribution in [1.29, 1.82) is 0 Å². The van der Waals surface area contributed by atoms with E-state index in [-0.39, 0.29) is 22.8 Å². The Morgan fingerprint density at radius 3 is 2.32 bits per heavy atom. The number of nitrogens with zero attached hydrogens (tertiary/aromatic N) is 1. The highest BCUT2D eigenvalue weighted by Gasteiger charge is 2.65. The Morgan fingerprint density at radius 2 is 1.65 bits per heavy atom. The van der Waals surface area contributed by atoms with Crippen LogP contribution in [0.25, 0.3) is 0 Å². The number of urea groups is 1. The maximum Gasteiger partial charge on any atom is 0.421 e. The number of amides is 2. The van der Waals surface area contributed by atoms with Crippen molar-refractivity contribution < 1.29 is 14.1 Å². The summed E-state index contributed by atoms with van der Waals surface area (Å²) in [6, 6.07) is 0.206. The number of likely N-dealkylation sites (tertiary alicyclic amines) is 1. The average molecular weight is 466 g/mol. The van der Waals surface area contributed by atoms with E-state index in [1.807, 2.05) is 6.08 Å². The molecule has 34 heavy (non-hydrogen) atoms. The number of quaternary nitrogens is 1. The molecule has 1 heterocycles. The third-order valence-electron chi connectivity index (χ3n) is 12.8. The maximum atomic E-state index is 14.5. The van der Waals surface area contributed by atoms with E-state index >= 15 is 0 Å². The number of piperidine rings is 1. The Morgan fingerprint density at radius 1 is 0.971 bits per heavy atom. The molecule has 4 bridgehead atoms. The van der Waals surface area contributed by atoms with Crippen LogP contribution in [0.1, 0.15) is 97.3 Å². The van der Waals surface area contributed by atoms with Gasteiger partial charge in [0.1, 0.15) is 5.70 Å². The average Bonchev–Trinajstić information content (AvgIpc) is 3.16. The highest BCUT2D eigenvalue weighted by atomic mass is 16.2. The van der Waals surface area contributed by atoms with E-state index < -0.39 is 0 Å². The molecule has 1 saturated heterocycles. The summed E-state index contributed by atoms with van der Waals surface area (Å²) >= 11 is 0. The van der Waals surface area contributed by atoms with Gasteiger partial charge in [-0.25, -0.2) is 9.28 Å². The van der Waals surface area contributed by atoms with Crippen LogP contribution in [0.5, 0.6) is 0 Å². The maximum absolute atomic E-state index is 14.5. The summed E-state index contributed by atoms with van der Waals surface area (Å²) in [6.45, 7) is 5.87. The minimum absolute atomic E-state index is 0.0195. The third kappa shape index (κ3) is 2.93. The molecule has 1 unspecified atom stereocenters. The lowest BCUT2D eigenvalue weighted by Crippen LogP contribution is -2.70. The predicted octanol–water partition coefficient (Wildman–Crippen LogP) is 6.21. The van der Waals surface area contributed by atoms with Crippen LogP contribution in [-0.2, 0) is 4.79 Å². The monoisotopic (exact) mass is 465 g/mol. The molecule has 1 aliphatic heterocycles. The van der Waals surface area contributed by atoms with Gasteiger partial charge in [-0.3, -0.25) is 10.1 Å². The van der Waals surface area contributed by atoms with E-state index in [1.165, 1.54) is 70.6 Å². The quantitative estimate of drug-likeness (QED) is 0.468. The molecule has 0 aromatic carbocycles. The van der Waals surface area contributed by atoms with Crippen molar-refractivity contribution in [2.75, 3.05) is 13.6 Å². The molecule has 0 radical (unpaired) electrons. The molecular formula is C30H45N2O2+. The number of hydrogen-bond donors (Lipinski definition) is 1. The summed E-state index contributed by atoms with van der Waals surface area (Å²) in [4.78, 5) is 27.2.